The molecule has 3 rings (SSSR count). The highest BCUT2D eigenvalue weighted by Crippen LogP contribution is 2.30. The number of benzene rings is 1. The lowest BCUT2D eigenvalue weighted by Crippen LogP contribution is -2.47. The number of hydrazine groups is 1. The third kappa shape index (κ3) is 3.99. The quantitative estimate of drug-likeness (QED) is 0.826. The minimum Gasteiger partial charge on any atom is -0.333 e. The van der Waals surface area contributed by atoms with Crippen molar-refractivity contribution in [2.75, 3.05) is 13.1 Å². The fourth-order valence-corrected chi connectivity index (χ4v) is 4.10. The van der Waals surface area contributed by atoms with Gasteiger partial charge in [-0.15, -0.1) is 11.3 Å². The van der Waals surface area contributed by atoms with Crippen LogP contribution < -0.4 is 10.9 Å². The van der Waals surface area contributed by atoms with Crippen molar-refractivity contribution in [3.8, 4) is 0 Å². The van der Waals surface area contributed by atoms with Gasteiger partial charge in [0.15, 0.2) is 0 Å². The van der Waals surface area contributed by atoms with E-state index in [2.05, 4.69) is 10.9 Å². The maximum Gasteiger partial charge on any atom is 0.280 e. The average molecular weight is 359 g/mol. The lowest BCUT2D eigenvalue weighted by molar-refractivity contribution is -0.135. The third-order valence-electron chi connectivity index (χ3n) is 4.37. The summed E-state index contributed by atoms with van der Waals surface area (Å²) < 4.78 is 1.03. The van der Waals surface area contributed by atoms with Crippen LogP contribution in [0.25, 0.3) is 10.1 Å². The zero-order valence-electron chi connectivity index (χ0n) is 14.1. The van der Waals surface area contributed by atoms with E-state index in [1.165, 1.54) is 11.3 Å². The predicted octanol–water partition coefficient (Wildman–Crippen LogP) is 2.37. The second-order valence-electron chi connectivity index (χ2n) is 6.18. The summed E-state index contributed by atoms with van der Waals surface area (Å²) in [5.74, 6) is -0.726. The van der Waals surface area contributed by atoms with E-state index in [4.69, 9.17) is 0 Å². The Labute approximate surface area is 150 Å². The predicted molar refractivity (Wildman–Crippen MR) is 97.2 cm³/mol. The fourth-order valence-electron chi connectivity index (χ4n) is 2.99. The molecule has 0 bridgehead atoms. The van der Waals surface area contributed by atoms with Gasteiger partial charge in [0.25, 0.3) is 11.8 Å². The van der Waals surface area contributed by atoms with Gasteiger partial charge in [0.05, 0.1) is 4.88 Å². The van der Waals surface area contributed by atoms with Crippen LogP contribution >= 0.6 is 11.3 Å². The van der Waals surface area contributed by atoms with E-state index in [0.717, 1.165) is 34.9 Å². The molecule has 25 heavy (non-hydrogen) atoms. The highest BCUT2D eigenvalue weighted by atomic mass is 32.1. The molecule has 0 aliphatic carbocycles. The molecule has 7 heteroatoms. The van der Waals surface area contributed by atoms with Gasteiger partial charge in [0.2, 0.25) is 5.91 Å². The van der Waals surface area contributed by atoms with Gasteiger partial charge >= 0.3 is 0 Å². The molecule has 3 amide bonds. The number of carbonyl (C=O) groups excluding carboxylic acids is 3. The molecule has 0 unspecified atom stereocenters. The van der Waals surface area contributed by atoms with E-state index >= 15 is 0 Å². The molecule has 1 aromatic carbocycles. The fraction of sp³-hybridized carbons (Fsp3) is 0.389. The largest absolute Gasteiger partial charge is 0.333 e. The van der Waals surface area contributed by atoms with Gasteiger partial charge in [-0.1, -0.05) is 24.6 Å². The van der Waals surface area contributed by atoms with Gasteiger partial charge in [0.1, 0.15) is 6.54 Å². The Morgan fingerprint density at radius 2 is 1.96 bits per heavy atom. The number of likely N-dealkylation sites (tertiary alicyclic amines) is 1. The van der Waals surface area contributed by atoms with Crippen LogP contribution in [-0.2, 0) is 9.59 Å². The summed E-state index contributed by atoms with van der Waals surface area (Å²) in [7, 11) is 0. The van der Waals surface area contributed by atoms with E-state index in [9.17, 15) is 14.4 Å². The van der Waals surface area contributed by atoms with Crippen LogP contribution in [0.15, 0.2) is 24.3 Å². The van der Waals surface area contributed by atoms with E-state index in [1.54, 1.807) is 4.90 Å². The van der Waals surface area contributed by atoms with Crippen molar-refractivity contribution in [3.05, 3.63) is 34.7 Å². The highest BCUT2D eigenvalue weighted by molar-refractivity contribution is 7.21. The summed E-state index contributed by atoms with van der Waals surface area (Å²) in [5, 5.41) is 1.04. The molecule has 1 aliphatic heterocycles. The molecular weight excluding hydrogens is 338 g/mol. The van der Waals surface area contributed by atoms with Crippen molar-refractivity contribution >= 4 is 39.1 Å². The van der Waals surface area contributed by atoms with Crippen LogP contribution in [-0.4, -0.2) is 35.7 Å². The second-order valence-corrected chi connectivity index (χ2v) is 7.23. The summed E-state index contributed by atoms with van der Waals surface area (Å²) in [6.45, 7) is 2.46. The first-order valence-corrected chi connectivity index (χ1v) is 9.23. The number of aryl methyl sites for hydroxylation is 1. The van der Waals surface area contributed by atoms with Crippen LogP contribution in [0.3, 0.4) is 0 Å². The number of amides is 3. The van der Waals surface area contributed by atoms with Crippen molar-refractivity contribution in [2.24, 2.45) is 0 Å². The standard InChI is InChI=1S/C18H21N3O3S/c1-12-13-7-4-5-8-14(13)25-17(12)18(24)20-19-15(22)11-21-10-6-2-3-9-16(21)23/h4-5,7-8H,2-3,6,9-11H2,1H3,(H,19,22)(H,20,24). The molecule has 132 valence electrons. The topological polar surface area (TPSA) is 78.5 Å². The lowest BCUT2D eigenvalue weighted by Gasteiger charge is -2.19. The van der Waals surface area contributed by atoms with Gasteiger partial charge in [-0.3, -0.25) is 25.2 Å². The lowest BCUT2D eigenvalue weighted by atomic mass is 10.1. The molecule has 0 radical (unpaired) electrons. The number of carbonyl (C=O) groups is 3. The smallest absolute Gasteiger partial charge is 0.280 e. The van der Waals surface area contributed by atoms with Crippen molar-refractivity contribution < 1.29 is 14.4 Å². The van der Waals surface area contributed by atoms with Crippen LogP contribution in [0.4, 0.5) is 0 Å². The molecule has 1 saturated heterocycles. The Morgan fingerprint density at radius 3 is 2.76 bits per heavy atom. The van der Waals surface area contributed by atoms with Gasteiger partial charge < -0.3 is 4.90 Å². The maximum atomic E-state index is 12.4. The van der Waals surface area contributed by atoms with Crippen LogP contribution in [0.5, 0.6) is 0 Å². The van der Waals surface area contributed by atoms with Crippen molar-refractivity contribution in [2.45, 2.75) is 32.6 Å². The first kappa shape index (κ1) is 17.4. The maximum absolute atomic E-state index is 12.4. The minimum atomic E-state index is -0.387. The summed E-state index contributed by atoms with van der Waals surface area (Å²) in [5.41, 5.74) is 5.77. The number of thiophene rings is 1. The van der Waals surface area contributed by atoms with E-state index in [1.807, 2.05) is 31.2 Å². The molecule has 0 spiro atoms. The summed E-state index contributed by atoms with van der Waals surface area (Å²) >= 11 is 1.39. The van der Waals surface area contributed by atoms with E-state index in [-0.39, 0.29) is 24.3 Å². The number of nitrogens with zero attached hydrogens (tertiary/aromatic N) is 1. The first-order valence-electron chi connectivity index (χ1n) is 8.41. The van der Waals surface area contributed by atoms with Crippen LogP contribution in [0, 0.1) is 6.92 Å². The number of rotatable bonds is 3. The second kappa shape index (κ2) is 7.65. The minimum absolute atomic E-state index is 0.000623. The molecule has 0 saturated carbocycles. The molecule has 2 heterocycles. The number of nitrogens with one attached hydrogen (secondary N) is 2. The molecule has 1 fully saturated rings. The first-order chi connectivity index (χ1) is 12.1. The normalized spacial score (nSPS) is 15.1. The number of hydrogen-bond acceptors (Lipinski definition) is 4. The molecular formula is C18H21N3O3S. The number of fused-ring (bicyclic) bond motifs is 1. The monoisotopic (exact) mass is 359 g/mol. The average Bonchev–Trinajstić information content (AvgIpc) is 2.82. The van der Waals surface area contributed by atoms with Gasteiger partial charge in [-0.25, -0.2) is 0 Å². The Balaban J connectivity index is 1.58. The summed E-state index contributed by atoms with van der Waals surface area (Å²) in [4.78, 5) is 38.4. The Kier molecular flexibility index (Phi) is 5.33. The Hall–Kier alpha value is -2.41. The molecule has 6 nitrogen and oxygen atoms in total. The van der Waals surface area contributed by atoms with Gasteiger partial charge in [-0.05, 0) is 36.8 Å². The van der Waals surface area contributed by atoms with E-state index in [0.29, 0.717) is 17.8 Å². The molecule has 1 aliphatic rings. The molecule has 1 aromatic heterocycles. The van der Waals surface area contributed by atoms with Crippen LogP contribution in [0.1, 0.15) is 40.9 Å². The van der Waals surface area contributed by atoms with Gasteiger partial charge in [-0.2, -0.15) is 0 Å². The van der Waals surface area contributed by atoms with Crippen molar-refractivity contribution in [1.82, 2.24) is 15.8 Å². The Morgan fingerprint density at radius 1 is 1.16 bits per heavy atom. The SMILES string of the molecule is Cc1c(C(=O)NNC(=O)CN2CCCCCC2=O)sc2ccccc12. The number of hydrogen-bond donors (Lipinski definition) is 2. The molecule has 2 aromatic rings. The zero-order chi connectivity index (χ0) is 17.8. The third-order valence-corrected chi connectivity index (χ3v) is 5.64. The van der Waals surface area contributed by atoms with Crippen LogP contribution in [0.2, 0.25) is 0 Å². The zero-order valence-corrected chi connectivity index (χ0v) is 14.9. The summed E-state index contributed by atoms with van der Waals surface area (Å²) in [6.07, 6.45) is 3.28. The van der Waals surface area contributed by atoms with E-state index < -0.39 is 0 Å². The molecule has 2 N–H and O–H groups in total. The Bertz CT molecular complexity index is 815. The molecule has 0 atom stereocenters. The van der Waals surface area contributed by atoms with Gasteiger partial charge in [0, 0.05) is 17.7 Å². The highest BCUT2D eigenvalue weighted by Gasteiger charge is 2.20. The summed E-state index contributed by atoms with van der Waals surface area (Å²) in [6, 6.07) is 7.80. The van der Waals surface area contributed by atoms with Crippen molar-refractivity contribution in [3.63, 3.8) is 0 Å². The van der Waals surface area contributed by atoms with Crippen molar-refractivity contribution in [1.29, 1.82) is 0 Å².